The predicted molar refractivity (Wildman–Crippen MR) is 123 cm³/mol. The summed E-state index contributed by atoms with van der Waals surface area (Å²) in [5.41, 5.74) is -0.866. The summed E-state index contributed by atoms with van der Waals surface area (Å²) in [6.45, 7) is 1.59. The van der Waals surface area contributed by atoms with Crippen LogP contribution in [-0.2, 0) is 26.0 Å². The molecule has 0 aliphatic carbocycles. The topological polar surface area (TPSA) is 117 Å². The summed E-state index contributed by atoms with van der Waals surface area (Å²) >= 11 is 15.1. The number of benzene rings is 1. The maximum atomic E-state index is 13.3. The van der Waals surface area contributed by atoms with Gasteiger partial charge in [-0.25, -0.2) is 18.2 Å². The second-order valence-electron chi connectivity index (χ2n) is 7.62. The van der Waals surface area contributed by atoms with Crippen LogP contribution in [0.25, 0.3) is 0 Å². The Kier molecular flexibility index (Phi) is 7.51. The fourth-order valence-electron chi connectivity index (χ4n) is 3.63. The zero-order valence-corrected chi connectivity index (χ0v) is 20.8. The number of halogens is 3. The van der Waals surface area contributed by atoms with E-state index in [1.807, 2.05) is 0 Å². The molecule has 0 spiro atoms. The molecule has 2 heterocycles. The van der Waals surface area contributed by atoms with Crippen LogP contribution >= 0.6 is 39.1 Å². The van der Waals surface area contributed by atoms with Gasteiger partial charge in [0, 0.05) is 29.2 Å². The first-order valence-corrected chi connectivity index (χ1v) is 12.6. The maximum Gasteiger partial charge on any atom is 0.326 e. The van der Waals surface area contributed by atoms with Crippen LogP contribution in [-0.4, -0.2) is 52.8 Å². The number of rotatable bonds is 7. The highest BCUT2D eigenvalue weighted by atomic mass is 79.9. The average Bonchev–Trinajstić information content (AvgIpc) is 3.12. The smallest absolute Gasteiger partial charge is 0.326 e. The third-order valence-corrected chi connectivity index (χ3v) is 8.22. The molecule has 1 amide bonds. The van der Waals surface area contributed by atoms with Crippen LogP contribution in [0.3, 0.4) is 0 Å². The molecule has 32 heavy (non-hydrogen) atoms. The molecule has 1 aliphatic rings. The van der Waals surface area contributed by atoms with E-state index in [9.17, 15) is 23.1 Å². The van der Waals surface area contributed by atoms with Gasteiger partial charge in [-0.2, -0.15) is 4.31 Å². The Morgan fingerprint density at radius 3 is 2.50 bits per heavy atom. The molecule has 2 N–H and O–H groups in total. The Labute approximate surface area is 204 Å². The normalized spacial score (nSPS) is 20.1. The SMILES string of the molecule is C[C@]1(C(=O)N[C@@H](Cc2ccc(Br)nc2)C(=O)O)CCCN1S(=O)(=O)c1cc(Cl)cc(Cl)c1. The highest BCUT2D eigenvalue weighted by molar-refractivity contribution is 9.10. The Morgan fingerprint density at radius 1 is 1.28 bits per heavy atom. The zero-order valence-electron chi connectivity index (χ0n) is 16.9. The lowest BCUT2D eigenvalue weighted by atomic mass is 9.98. The van der Waals surface area contributed by atoms with Crippen molar-refractivity contribution in [2.75, 3.05) is 6.54 Å². The van der Waals surface area contributed by atoms with Crippen LogP contribution in [0.5, 0.6) is 0 Å². The van der Waals surface area contributed by atoms with Gasteiger partial charge in [0.15, 0.2) is 0 Å². The highest BCUT2D eigenvalue weighted by Gasteiger charge is 2.50. The molecule has 1 aliphatic heterocycles. The molecule has 8 nitrogen and oxygen atoms in total. The zero-order chi connectivity index (χ0) is 23.7. The summed E-state index contributed by atoms with van der Waals surface area (Å²) in [6.07, 6.45) is 2.17. The molecule has 0 saturated carbocycles. The molecule has 2 atom stereocenters. The van der Waals surface area contributed by atoms with Gasteiger partial charge in [-0.1, -0.05) is 29.3 Å². The molecule has 12 heteroatoms. The van der Waals surface area contributed by atoms with E-state index in [2.05, 4.69) is 26.2 Å². The summed E-state index contributed by atoms with van der Waals surface area (Å²) in [4.78, 5) is 28.9. The van der Waals surface area contributed by atoms with Crippen LogP contribution in [0.15, 0.2) is 46.0 Å². The van der Waals surface area contributed by atoms with Gasteiger partial charge in [-0.15, -0.1) is 0 Å². The number of carbonyl (C=O) groups excluding carboxylic acids is 1. The first kappa shape index (κ1) is 24.9. The minimum atomic E-state index is -4.12. The highest BCUT2D eigenvalue weighted by Crippen LogP contribution is 2.36. The van der Waals surface area contributed by atoms with Crippen molar-refractivity contribution in [1.82, 2.24) is 14.6 Å². The summed E-state index contributed by atoms with van der Waals surface area (Å²) in [6, 6.07) is 6.04. The third-order valence-electron chi connectivity index (χ3n) is 5.32. The number of nitrogens with zero attached hydrogens (tertiary/aromatic N) is 2. The fourth-order valence-corrected chi connectivity index (χ4v) is 6.40. The molecule has 1 aromatic carbocycles. The molecular formula is C20H20BrCl2N3O5S. The van der Waals surface area contributed by atoms with E-state index >= 15 is 0 Å². The number of nitrogens with one attached hydrogen (secondary N) is 1. The maximum absolute atomic E-state index is 13.3. The fraction of sp³-hybridized carbons (Fsp3) is 0.350. The van der Waals surface area contributed by atoms with Gasteiger partial charge >= 0.3 is 5.97 Å². The Morgan fingerprint density at radius 2 is 1.94 bits per heavy atom. The number of hydrogen-bond acceptors (Lipinski definition) is 5. The second-order valence-corrected chi connectivity index (χ2v) is 11.2. The lowest BCUT2D eigenvalue weighted by Gasteiger charge is -2.34. The van der Waals surface area contributed by atoms with Crippen molar-refractivity contribution in [3.8, 4) is 0 Å². The molecule has 3 rings (SSSR count). The number of aromatic nitrogens is 1. The summed E-state index contributed by atoms with van der Waals surface area (Å²) in [7, 11) is -4.12. The molecule has 0 bridgehead atoms. The molecule has 1 aromatic heterocycles. The number of amides is 1. The molecule has 1 saturated heterocycles. The Hall–Kier alpha value is -1.72. The van der Waals surface area contributed by atoms with Crippen molar-refractivity contribution in [3.63, 3.8) is 0 Å². The minimum absolute atomic E-state index is 0.00587. The predicted octanol–water partition coefficient (Wildman–Crippen LogP) is 3.51. The molecule has 2 aromatic rings. The Bertz CT molecular complexity index is 1130. The van der Waals surface area contributed by atoms with E-state index in [0.717, 1.165) is 4.31 Å². The molecule has 1 fully saturated rings. The number of carbonyl (C=O) groups is 2. The average molecular weight is 565 g/mol. The number of pyridine rings is 1. The van der Waals surface area contributed by atoms with Crippen molar-refractivity contribution in [2.45, 2.75) is 42.7 Å². The van der Waals surface area contributed by atoms with Crippen molar-refractivity contribution < 1.29 is 23.1 Å². The summed E-state index contributed by atoms with van der Waals surface area (Å²) in [5, 5.41) is 12.4. The van der Waals surface area contributed by atoms with Gasteiger partial charge < -0.3 is 10.4 Å². The number of aliphatic carboxylic acids is 1. The lowest BCUT2D eigenvalue weighted by Crippen LogP contribution is -2.58. The van der Waals surface area contributed by atoms with Gasteiger partial charge in [0.05, 0.1) is 4.90 Å². The van der Waals surface area contributed by atoms with E-state index in [0.29, 0.717) is 16.6 Å². The number of hydrogen-bond donors (Lipinski definition) is 2. The van der Waals surface area contributed by atoms with Crippen molar-refractivity contribution in [1.29, 1.82) is 0 Å². The third kappa shape index (κ3) is 5.26. The molecule has 0 unspecified atom stereocenters. The van der Waals surface area contributed by atoms with Crippen LogP contribution < -0.4 is 5.32 Å². The Balaban J connectivity index is 1.86. The van der Waals surface area contributed by atoms with Crippen molar-refractivity contribution in [3.05, 3.63) is 56.7 Å². The van der Waals surface area contributed by atoms with Gasteiger partial charge in [0.2, 0.25) is 15.9 Å². The first-order chi connectivity index (χ1) is 14.9. The van der Waals surface area contributed by atoms with Gasteiger partial charge in [0.25, 0.3) is 0 Å². The van der Waals surface area contributed by atoms with E-state index in [4.69, 9.17) is 23.2 Å². The van der Waals surface area contributed by atoms with Gasteiger partial charge in [0.1, 0.15) is 16.2 Å². The lowest BCUT2D eigenvalue weighted by molar-refractivity contribution is -0.143. The monoisotopic (exact) mass is 563 g/mol. The van der Waals surface area contributed by atoms with Gasteiger partial charge in [-0.3, -0.25) is 4.79 Å². The largest absolute Gasteiger partial charge is 0.480 e. The first-order valence-electron chi connectivity index (χ1n) is 9.56. The summed E-state index contributed by atoms with van der Waals surface area (Å²) in [5.74, 6) is -1.93. The van der Waals surface area contributed by atoms with E-state index in [1.165, 1.54) is 31.3 Å². The van der Waals surface area contributed by atoms with Crippen LogP contribution in [0.2, 0.25) is 10.0 Å². The molecule has 0 radical (unpaired) electrons. The molecule has 172 valence electrons. The van der Waals surface area contributed by atoms with Crippen molar-refractivity contribution >= 4 is 61.0 Å². The number of carboxylic acids is 1. The van der Waals surface area contributed by atoms with Crippen molar-refractivity contribution in [2.24, 2.45) is 0 Å². The quantitative estimate of drug-likeness (QED) is 0.497. The molecular weight excluding hydrogens is 545 g/mol. The minimum Gasteiger partial charge on any atom is -0.480 e. The number of carboxylic acid groups (broad SMARTS) is 1. The van der Waals surface area contributed by atoms with Crippen LogP contribution in [0, 0.1) is 0 Å². The second kappa shape index (κ2) is 9.64. The summed E-state index contributed by atoms with van der Waals surface area (Å²) < 4.78 is 28.3. The number of sulfonamides is 1. The van der Waals surface area contributed by atoms with Crippen LogP contribution in [0.1, 0.15) is 25.3 Å². The van der Waals surface area contributed by atoms with E-state index in [1.54, 1.807) is 12.1 Å². The van der Waals surface area contributed by atoms with Crippen LogP contribution in [0.4, 0.5) is 0 Å². The van der Waals surface area contributed by atoms with E-state index < -0.39 is 33.5 Å². The standard InChI is InChI=1S/C20H20BrCl2N3O5S/c1-20(19(29)25-16(18(27)28)7-12-3-4-17(21)24-11-12)5-2-6-26(20)32(30,31)15-9-13(22)8-14(23)10-15/h3-4,8-11,16H,2,5-7H2,1H3,(H,25,29)(H,27,28)/t16-,20+/m0/s1. The van der Waals surface area contributed by atoms with E-state index in [-0.39, 0.29) is 34.3 Å². The van der Waals surface area contributed by atoms with Gasteiger partial charge in [-0.05, 0) is 65.5 Å².